The number of carbonyl (C=O) groups excluding carboxylic acids is 1. The maximum Gasteiger partial charge on any atom is 0.359 e. The van der Waals surface area contributed by atoms with Crippen molar-refractivity contribution in [3.63, 3.8) is 0 Å². The van der Waals surface area contributed by atoms with E-state index < -0.39 is 0 Å². The van der Waals surface area contributed by atoms with Gasteiger partial charge in [-0.25, -0.2) is 4.79 Å². The molecule has 1 aromatic rings. The van der Waals surface area contributed by atoms with Crippen LogP contribution in [-0.4, -0.2) is 37.6 Å². The predicted octanol–water partition coefficient (Wildman–Crippen LogP) is 7.45. The van der Waals surface area contributed by atoms with Crippen LogP contribution in [0.2, 0.25) is 0 Å². The summed E-state index contributed by atoms with van der Waals surface area (Å²) in [6.07, 6.45) is 24.3. The Morgan fingerprint density at radius 3 is 2.09 bits per heavy atom. The second-order valence-electron chi connectivity index (χ2n) is 8.98. The molecule has 1 aromatic carbocycles. The zero-order valence-corrected chi connectivity index (χ0v) is 21.3. The molecule has 0 aliphatic carbocycles. The van der Waals surface area contributed by atoms with Crippen LogP contribution in [0.1, 0.15) is 89.5 Å². The number of rotatable bonds is 20. The summed E-state index contributed by atoms with van der Waals surface area (Å²) in [5.41, 5.74) is 1.11. The first-order chi connectivity index (χ1) is 16.1. The Labute approximate surface area is 203 Å². The number of hydrogen-bond acceptors (Lipinski definition) is 4. The van der Waals surface area contributed by atoms with Crippen LogP contribution in [0, 0.1) is 0 Å². The maximum absolute atomic E-state index is 12.4. The molecule has 0 N–H and O–H groups in total. The maximum atomic E-state index is 12.4. The molecule has 1 unspecified atom stereocenters. The van der Waals surface area contributed by atoms with Gasteiger partial charge in [-0.15, -0.1) is 0 Å². The van der Waals surface area contributed by atoms with E-state index in [0.29, 0.717) is 13.0 Å². The van der Waals surface area contributed by atoms with E-state index in [2.05, 4.69) is 31.2 Å². The normalized spacial score (nSPS) is 12.7. The molecule has 186 valence electrons. The van der Waals surface area contributed by atoms with Gasteiger partial charge in [0.1, 0.15) is 6.04 Å². The molecule has 0 spiro atoms. The van der Waals surface area contributed by atoms with Crippen LogP contribution in [0.5, 0.6) is 0 Å². The highest BCUT2D eigenvalue weighted by atomic mass is 17.2. The molecule has 0 amide bonds. The quantitative estimate of drug-likeness (QED) is 0.0882. The Morgan fingerprint density at radius 2 is 1.45 bits per heavy atom. The SMILES string of the molecule is CCCCC/C=C\C/C=C\CCCCCCCCOOC(=O)C(Cc1ccccc1)N(C)C. The van der Waals surface area contributed by atoms with Crippen molar-refractivity contribution in [2.75, 3.05) is 20.7 Å². The summed E-state index contributed by atoms with van der Waals surface area (Å²) in [5, 5.41) is 0. The smallest absolute Gasteiger partial charge is 0.297 e. The van der Waals surface area contributed by atoms with Gasteiger partial charge < -0.3 is 0 Å². The van der Waals surface area contributed by atoms with E-state index in [4.69, 9.17) is 9.78 Å². The van der Waals surface area contributed by atoms with E-state index >= 15 is 0 Å². The first kappa shape index (κ1) is 29.1. The summed E-state index contributed by atoms with van der Waals surface area (Å²) in [6, 6.07) is 9.64. The molecular formula is C29H47NO3. The third kappa shape index (κ3) is 16.4. The lowest BCUT2D eigenvalue weighted by atomic mass is 10.1. The third-order valence-electron chi connectivity index (χ3n) is 5.74. The summed E-state index contributed by atoms with van der Waals surface area (Å²) >= 11 is 0. The van der Waals surface area contributed by atoms with Crippen LogP contribution in [0.3, 0.4) is 0 Å². The molecule has 0 radical (unpaired) electrons. The summed E-state index contributed by atoms with van der Waals surface area (Å²) in [7, 11) is 3.77. The molecule has 1 atom stereocenters. The lowest BCUT2D eigenvalue weighted by Crippen LogP contribution is -2.39. The van der Waals surface area contributed by atoms with Crippen molar-refractivity contribution in [2.45, 2.75) is 96.4 Å². The van der Waals surface area contributed by atoms with E-state index in [-0.39, 0.29) is 12.0 Å². The van der Waals surface area contributed by atoms with Gasteiger partial charge in [0, 0.05) is 0 Å². The van der Waals surface area contributed by atoms with E-state index in [1.54, 1.807) is 0 Å². The largest absolute Gasteiger partial charge is 0.359 e. The fraction of sp³-hybridized carbons (Fsp3) is 0.621. The average molecular weight is 458 g/mol. The van der Waals surface area contributed by atoms with Crippen molar-refractivity contribution in [1.82, 2.24) is 4.90 Å². The van der Waals surface area contributed by atoms with Crippen LogP contribution < -0.4 is 0 Å². The minimum Gasteiger partial charge on any atom is -0.297 e. The van der Waals surface area contributed by atoms with Crippen LogP contribution in [0.4, 0.5) is 0 Å². The van der Waals surface area contributed by atoms with Gasteiger partial charge >= 0.3 is 5.97 Å². The first-order valence-electron chi connectivity index (χ1n) is 13.0. The molecule has 0 saturated heterocycles. The molecule has 1 rings (SSSR count). The number of carbonyl (C=O) groups is 1. The van der Waals surface area contributed by atoms with Crippen molar-refractivity contribution < 1.29 is 14.6 Å². The number of likely N-dealkylation sites (N-methyl/N-ethyl adjacent to an activating group) is 1. The van der Waals surface area contributed by atoms with Gasteiger partial charge in [0.25, 0.3) is 0 Å². The Bertz CT molecular complexity index is 640. The fourth-order valence-electron chi connectivity index (χ4n) is 3.62. The lowest BCUT2D eigenvalue weighted by Gasteiger charge is -2.21. The standard InChI is InChI=1S/C29H47NO3/c1-4-5-6-7-8-9-10-11-12-13-14-15-16-17-18-22-25-32-33-29(31)28(30(2)3)26-27-23-20-19-21-24-27/h8-9,11-12,19-21,23-24,28H,4-7,10,13-18,22,25-26H2,1-3H3/b9-8-,12-11-. The molecule has 0 fully saturated rings. The molecule has 33 heavy (non-hydrogen) atoms. The Balaban J connectivity index is 1.96. The number of unbranched alkanes of at least 4 members (excludes halogenated alkanes) is 9. The molecule has 4 heteroatoms. The Hall–Kier alpha value is -1.91. The van der Waals surface area contributed by atoms with Crippen molar-refractivity contribution in [3.05, 3.63) is 60.2 Å². The van der Waals surface area contributed by atoms with Crippen molar-refractivity contribution in [1.29, 1.82) is 0 Å². The number of hydrogen-bond donors (Lipinski definition) is 0. The van der Waals surface area contributed by atoms with Gasteiger partial charge in [-0.05, 0) is 64.6 Å². The molecule has 0 bridgehead atoms. The van der Waals surface area contributed by atoms with Crippen LogP contribution >= 0.6 is 0 Å². The Kier molecular flexibility index (Phi) is 18.2. The Morgan fingerprint density at radius 1 is 0.848 bits per heavy atom. The second-order valence-corrected chi connectivity index (χ2v) is 8.98. The predicted molar refractivity (Wildman–Crippen MR) is 139 cm³/mol. The average Bonchev–Trinajstić information content (AvgIpc) is 2.82. The summed E-state index contributed by atoms with van der Waals surface area (Å²) in [6.45, 7) is 2.71. The van der Waals surface area contributed by atoms with Crippen molar-refractivity contribution in [3.8, 4) is 0 Å². The van der Waals surface area contributed by atoms with E-state index in [9.17, 15) is 4.79 Å². The molecule has 0 aliphatic rings. The zero-order chi connectivity index (χ0) is 24.0. The summed E-state index contributed by atoms with van der Waals surface area (Å²) in [5.74, 6) is -0.330. The number of allylic oxidation sites excluding steroid dienone is 4. The van der Waals surface area contributed by atoms with Gasteiger partial charge in [-0.3, -0.25) is 9.79 Å². The molecule has 0 heterocycles. The van der Waals surface area contributed by atoms with Crippen LogP contribution in [0.15, 0.2) is 54.6 Å². The molecular weight excluding hydrogens is 410 g/mol. The zero-order valence-electron chi connectivity index (χ0n) is 21.3. The highest BCUT2D eigenvalue weighted by Gasteiger charge is 2.23. The lowest BCUT2D eigenvalue weighted by molar-refractivity contribution is -0.276. The van der Waals surface area contributed by atoms with Gasteiger partial charge in [0.15, 0.2) is 0 Å². The highest BCUT2D eigenvalue weighted by Crippen LogP contribution is 2.10. The van der Waals surface area contributed by atoms with Crippen molar-refractivity contribution in [2.24, 2.45) is 0 Å². The van der Waals surface area contributed by atoms with E-state index in [1.165, 1.54) is 57.8 Å². The van der Waals surface area contributed by atoms with Crippen molar-refractivity contribution >= 4 is 5.97 Å². The summed E-state index contributed by atoms with van der Waals surface area (Å²) in [4.78, 5) is 24.5. The van der Waals surface area contributed by atoms with E-state index in [0.717, 1.165) is 24.8 Å². The number of nitrogens with zero attached hydrogens (tertiary/aromatic N) is 1. The summed E-state index contributed by atoms with van der Waals surface area (Å²) < 4.78 is 0. The topological polar surface area (TPSA) is 38.8 Å². The molecule has 0 aliphatic heterocycles. The van der Waals surface area contributed by atoms with Crippen LogP contribution in [0.25, 0.3) is 0 Å². The highest BCUT2D eigenvalue weighted by molar-refractivity contribution is 5.75. The first-order valence-corrected chi connectivity index (χ1v) is 13.0. The van der Waals surface area contributed by atoms with Gasteiger partial charge in [0.2, 0.25) is 0 Å². The molecule has 0 aromatic heterocycles. The van der Waals surface area contributed by atoms with Crippen LogP contribution in [-0.2, 0) is 21.0 Å². The van der Waals surface area contributed by atoms with Gasteiger partial charge in [-0.2, -0.15) is 4.89 Å². The van der Waals surface area contributed by atoms with Gasteiger partial charge in [0.05, 0.1) is 6.61 Å². The van der Waals surface area contributed by atoms with E-state index in [1.807, 2.05) is 49.3 Å². The third-order valence-corrected chi connectivity index (χ3v) is 5.74. The minimum absolute atomic E-state index is 0.330. The van der Waals surface area contributed by atoms with Gasteiger partial charge in [-0.1, -0.05) is 100 Å². The molecule has 0 saturated carbocycles. The number of benzene rings is 1. The minimum atomic E-state index is -0.344. The second kappa shape index (κ2) is 20.7. The fourth-order valence-corrected chi connectivity index (χ4v) is 3.62. The monoisotopic (exact) mass is 457 g/mol. The molecule has 4 nitrogen and oxygen atoms in total.